The number of amides is 1. The Morgan fingerprint density at radius 1 is 1.03 bits per heavy atom. The van der Waals surface area contributed by atoms with E-state index < -0.39 is 11.7 Å². The average molecular weight is 471 g/mol. The molecule has 0 spiro atoms. The number of hydrogen-bond donors (Lipinski definition) is 1. The first-order valence-electron chi connectivity index (χ1n) is 10.9. The number of nitrogens with one attached hydrogen (secondary N) is 1. The molecule has 0 aliphatic carbocycles. The van der Waals surface area contributed by atoms with Crippen molar-refractivity contribution in [1.29, 1.82) is 0 Å². The van der Waals surface area contributed by atoms with E-state index in [-0.39, 0.29) is 18.5 Å². The van der Waals surface area contributed by atoms with Gasteiger partial charge in [-0.05, 0) is 54.1 Å². The molecule has 1 saturated heterocycles. The van der Waals surface area contributed by atoms with Gasteiger partial charge in [-0.3, -0.25) is 14.7 Å². The van der Waals surface area contributed by atoms with Crippen LogP contribution in [-0.2, 0) is 10.9 Å². The van der Waals surface area contributed by atoms with E-state index in [1.165, 1.54) is 12.1 Å². The van der Waals surface area contributed by atoms with Crippen LogP contribution >= 0.6 is 0 Å². The maximum Gasteiger partial charge on any atom is 0.416 e. The van der Waals surface area contributed by atoms with E-state index in [9.17, 15) is 18.0 Å². The summed E-state index contributed by atoms with van der Waals surface area (Å²) in [5.41, 5.74) is 0.455. The molecular weight excluding hydrogens is 447 g/mol. The molecule has 2 aromatic carbocycles. The van der Waals surface area contributed by atoms with Gasteiger partial charge in [0.1, 0.15) is 11.5 Å². The number of pyridine rings is 1. The Morgan fingerprint density at radius 3 is 2.35 bits per heavy atom. The molecule has 0 radical (unpaired) electrons. The minimum atomic E-state index is -4.39. The van der Waals surface area contributed by atoms with Crippen molar-refractivity contribution in [3.8, 4) is 11.5 Å². The maximum atomic E-state index is 13.0. The van der Waals surface area contributed by atoms with Crippen molar-refractivity contribution in [1.82, 2.24) is 15.2 Å². The Bertz CT molecular complexity index is 1070. The van der Waals surface area contributed by atoms with Crippen LogP contribution in [-0.4, -0.2) is 48.6 Å². The highest BCUT2D eigenvalue weighted by Crippen LogP contribution is 2.31. The molecule has 4 rings (SSSR count). The lowest BCUT2D eigenvalue weighted by Gasteiger charge is -2.35. The summed E-state index contributed by atoms with van der Waals surface area (Å²) in [6.07, 6.45) is -1.16. The first-order valence-corrected chi connectivity index (χ1v) is 10.9. The number of carbonyl (C=O) groups is 1. The molecule has 178 valence electrons. The second kappa shape index (κ2) is 10.7. The molecule has 0 bridgehead atoms. The number of benzene rings is 2. The fourth-order valence-corrected chi connectivity index (χ4v) is 3.75. The smallest absolute Gasteiger partial charge is 0.416 e. The molecule has 1 aliphatic rings. The van der Waals surface area contributed by atoms with Crippen LogP contribution in [0.25, 0.3) is 0 Å². The van der Waals surface area contributed by atoms with Crippen LogP contribution in [0, 0.1) is 0 Å². The van der Waals surface area contributed by atoms with Crippen LogP contribution in [0.2, 0.25) is 0 Å². The predicted octanol–water partition coefficient (Wildman–Crippen LogP) is 4.70. The van der Waals surface area contributed by atoms with Crippen molar-refractivity contribution in [2.45, 2.75) is 12.2 Å². The minimum absolute atomic E-state index is 0.248. The van der Waals surface area contributed by atoms with Gasteiger partial charge >= 0.3 is 6.18 Å². The summed E-state index contributed by atoms with van der Waals surface area (Å²) >= 11 is 0. The zero-order valence-corrected chi connectivity index (χ0v) is 18.3. The van der Waals surface area contributed by atoms with Crippen LogP contribution in [0.15, 0.2) is 73.1 Å². The molecule has 1 N–H and O–H groups in total. The van der Waals surface area contributed by atoms with Gasteiger partial charge in [-0.1, -0.05) is 12.1 Å². The fourth-order valence-electron chi connectivity index (χ4n) is 3.75. The Labute approximate surface area is 195 Å². The maximum absolute atomic E-state index is 13.0. The molecule has 9 heteroatoms. The number of morpholine rings is 1. The first-order chi connectivity index (χ1) is 16.4. The Balaban J connectivity index is 1.42. The number of ether oxygens (including phenoxy) is 2. The molecule has 1 aliphatic heterocycles. The molecule has 1 atom stereocenters. The van der Waals surface area contributed by atoms with Gasteiger partial charge in [0.2, 0.25) is 0 Å². The second-order valence-corrected chi connectivity index (χ2v) is 7.81. The van der Waals surface area contributed by atoms with Crippen molar-refractivity contribution in [2.75, 3.05) is 32.8 Å². The highest BCUT2D eigenvalue weighted by atomic mass is 19.4. The van der Waals surface area contributed by atoms with Crippen molar-refractivity contribution in [2.24, 2.45) is 0 Å². The lowest BCUT2D eigenvalue weighted by Crippen LogP contribution is -2.43. The third-order valence-corrected chi connectivity index (χ3v) is 5.55. The number of hydrogen-bond acceptors (Lipinski definition) is 5. The van der Waals surface area contributed by atoms with Gasteiger partial charge in [0.05, 0.1) is 31.0 Å². The number of rotatable bonds is 7. The molecule has 1 aromatic heterocycles. The third kappa shape index (κ3) is 6.12. The summed E-state index contributed by atoms with van der Waals surface area (Å²) < 4.78 is 50.0. The lowest BCUT2D eigenvalue weighted by atomic mass is 10.0. The molecule has 3 aromatic rings. The predicted molar refractivity (Wildman–Crippen MR) is 120 cm³/mol. The molecule has 1 amide bonds. The van der Waals surface area contributed by atoms with Gasteiger partial charge < -0.3 is 14.8 Å². The zero-order chi connectivity index (χ0) is 24.0. The van der Waals surface area contributed by atoms with Crippen LogP contribution in [0.3, 0.4) is 0 Å². The Morgan fingerprint density at radius 2 is 1.74 bits per heavy atom. The van der Waals surface area contributed by atoms with E-state index in [0.717, 1.165) is 12.1 Å². The molecule has 6 nitrogen and oxygen atoms in total. The zero-order valence-electron chi connectivity index (χ0n) is 18.3. The van der Waals surface area contributed by atoms with Crippen LogP contribution in [0.5, 0.6) is 11.5 Å². The largest absolute Gasteiger partial charge is 0.456 e. The van der Waals surface area contributed by atoms with Crippen molar-refractivity contribution in [3.63, 3.8) is 0 Å². The van der Waals surface area contributed by atoms with E-state index in [4.69, 9.17) is 9.47 Å². The number of nitrogens with zero attached hydrogens (tertiary/aromatic N) is 2. The summed E-state index contributed by atoms with van der Waals surface area (Å²) in [6, 6.07) is 15.1. The van der Waals surface area contributed by atoms with Gasteiger partial charge in [-0.25, -0.2) is 0 Å². The van der Waals surface area contributed by atoms with Crippen LogP contribution < -0.4 is 10.1 Å². The molecule has 0 saturated carbocycles. The summed E-state index contributed by atoms with van der Waals surface area (Å²) in [4.78, 5) is 18.9. The normalized spacial score (nSPS) is 15.5. The summed E-state index contributed by atoms with van der Waals surface area (Å²) in [6.45, 7) is 2.56. The summed E-state index contributed by atoms with van der Waals surface area (Å²) in [5.74, 6) is 0.878. The standard InChI is InChI=1S/C25H24F3N3O3/c26-25(27,28)20-7-3-18(4-8-20)23(31-12-14-33-15-13-31)17-30-24(32)19-5-9-21(10-6-19)34-22-2-1-11-29-16-22/h1-11,16,23H,12-15,17H2,(H,30,32). The van der Waals surface area contributed by atoms with E-state index in [1.54, 1.807) is 48.8 Å². The SMILES string of the molecule is O=C(NCC(c1ccc(C(F)(F)F)cc1)N1CCOCC1)c1ccc(Oc2cccnc2)cc1. The highest BCUT2D eigenvalue weighted by Gasteiger charge is 2.31. The van der Waals surface area contributed by atoms with Crippen molar-refractivity contribution in [3.05, 3.63) is 89.7 Å². The van der Waals surface area contributed by atoms with Crippen molar-refractivity contribution >= 4 is 5.91 Å². The second-order valence-electron chi connectivity index (χ2n) is 7.81. The molecule has 34 heavy (non-hydrogen) atoms. The van der Waals surface area contributed by atoms with E-state index in [1.807, 2.05) is 0 Å². The summed E-state index contributed by atoms with van der Waals surface area (Å²) in [7, 11) is 0. The average Bonchev–Trinajstić information content (AvgIpc) is 2.85. The van der Waals surface area contributed by atoms with E-state index in [2.05, 4.69) is 15.2 Å². The van der Waals surface area contributed by atoms with Gasteiger partial charge in [-0.15, -0.1) is 0 Å². The molecule has 2 heterocycles. The quantitative estimate of drug-likeness (QED) is 0.542. The number of halogens is 3. The van der Waals surface area contributed by atoms with Gasteiger partial charge in [0.25, 0.3) is 5.91 Å². The summed E-state index contributed by atoms with van der Waals surface area (Å²) in [5, 5.41) is 2.91. The van der Waals surface area contributed by atoms with Crippen LogP contribution in [0.4, 0.5) is 13.2 Å². The van der Waals surface area contributed by atoms with E-state index in [0.29, 0.717) is 48.9 Å². The molecule has 1 unspecified atom stereocenters. The Hall–Kier alpha value is -3.43. The monoisotopic (exact) mass is 471 g/mol. The number of carbonyl (C=O) groups excluding carboxylic acids is 1. The highest BCUT2D eigenvalue weighted by molar-refractivity contribution is 5.94. The van der Waals surface area contributed by atoms with Crippen LogP contribution in [0.1, 0.15) is 27.5 Å². The van der Waals surface area contributed by atoms with Gasteiger partial charge in [0, 0.05) is 31.4 Å². The Kier molecular flexibility index (Phi) is 7.44. The van der Waals surface area contributed by atoms with Gasteiger partial charge in [0.15, 0.2) is 0 Å². The topological polar surface area (TPSA) is 63.7 Å². The third-order valence-electron chi connectivity index (χ3n) is 5.55. The van der Waals surface area contributed by atoms with Gasteiger partial charge in [-0.2, -0.15) is 13.2 Å². The molecule has 1 fully saturated rings. The lowest BCUT2D eigenvalue weighted by molar-refractivity contribution is -0.137. The number of aromatic nitrogens is 1. The van der Waals surface area contributed by atoms with E-state index >= 15 is 0 Å². The van der Waals surface area contributed by atoms with Crippen molar-refractivity contribution < 1.29 is 27.4 Å². The first kappa shape index (κ1) is 23.7. The minimum Gasteiger partial charge on any atom is -0.456 e. The number of alkyl halides is 3. The fraction of sp³-hybridized carbons (Fsp3) is 0.280. The molecular formula is C25H24F3N3O3.